The first kappa shape index (κ1) is 26.0. The number of hydrogen-bond donors (Lipinski definition) is 1. The van der Waals surface area contributed by atoms with Crippen molar-refractivity contribution in [3.63, 3.8) is 0 Å². The summed E-state index contributed by atoms with van der Waals surface area (Å²) in [5, 5.41) is 15.5. The van der Waals surface area contributed by atoms with Crippen LogP contribution in [0.1, 0.15) is 43.0 Å². The Bertz CT molecular complexity index is 1470. The molecular formula is C25H34N9O3S+. The summed E-state index contributed by atoms with van der Waals surface area (Å²) >= 11 is 0. The molecule has 0 aliphatic heterocycles. The number of hydrogen-bond acceptors (Lipinski definition) is 9. The van der Waals surface area contributed by atoms with Crippen LogP contribution in [0.25, 0.3) is 5.65 Å². The normalized spacial score (nSPS) is 13.7. The van der Waals surface area contributed by atoms with Gasteiger partial charge in [0.25, 0.3) is 10.0 Å². The molecule has 2 N–H and O–H groups in total. The summed E-state index contributed by atoms with van der Waals surface area (Å²) in [6.45, 7) is 4.56. The minimum Gasteiger partial charge on any atom is -0.381 e. The van der Waals surface area contributed by atoms with Gasteiger partial charge in [-0.05, 0) is 31.7 Å². The number of aromatic amines is 1. The highest BCUT2D eigenvalue weighted by Gasteiger charge is 2.37. The van der Waals surface area contributed by atoms with E-state index >= 15 is 0 Å². The largest absolute Gasteiger partial charge is 0.381 e. The van der Waals surface area contributed by atoms with Crippen molar-refractivity contribution >= 4 is 27.3 Å². The van der Waals surface area contributed by atoms with Crippen molar-refractivity contribution < 1.29 is 18.1 Å². The van der Waals surface area contributed by atoms with Crippen LogP contribution in [0.2, 0.25) is 0 Å². The second-order valence-corrected chi connectivity index (χ2v) is 11.6. The predicted octanol–water partition coefficient (Wildman–Crippen LogP) is 1.74. The third-order valence-corrected chi connectivity index (χ3v) is 8.57. The van der Waals surface area contributed by atoms with E-state index in [1.165, 1.54) is 6.20 Å². The Morgan fingerprint density at radius 2 is 2.16 bits per heavy atom. The van der Waals surface area contributed by atoms with Crippen molar-refractivity contribution in [1.29, 1.82) is 0 Å². The Labute approximate surface area is 222 Å². The fourth-order valence-corrected chi connectivity index (χ4v) is 5.58. The van der Waals surface area contributed by atoms with Crippen LogP contribution in [0.15, 0.2) is 43.0 Å². The van der Waals surface area contributed by atoms with Crippen molar-refractivity contribution in [3.05, 3.63) is 59.8 Å². The minimum absolute atomic E-state index is 0.308. The molecule has 0 amide bonds. The maximum absolute atomic E-state index is 12.2. The molecule has 0 saturated heterocycles. The Kier molecular flexibility index (Phi) is 7.84. The van der Waals surface area contributed by atoms with Crippen molar-refractivity contribution in [2.24, 2.45) is 0 Å². The lowest BCUT2D eigenvalue weighted by Gasteiger charge is -2.20. The van der Waals surface area contributed by atoms with Gasteiger partial charge in [0, 0.05) is 56.4 Å². The van der Waals surface area contributed by atoms with Gasteiger partial charge in [0.15, 0.2) is 18.0 Å². The number of fused-ring (bicyclic) bond motifs is 1. The quantitative estimate of drug-likeness (QED) is 0.237. The molecule has 1 aliphatic rings. The van der Waals surface area contributed by atoms with Crippen LogP contribution >= 0.6 is 0 Å². The number of pyridine rings is 1. The number of aromatic nitrogens is 7. The Morgan fingerprint density at radius 1 is 1.29 bits per heavy atom. The van der Waals surface area contributed by atoms with Gasteiger partial charge in [-0.3, -0.25) is 0 Å². The molecule has 0 unspecified atom stereocenters. The van der Waals surface area contributed by atoms with Crippen LogP contribution in [0, 0.1) is 0 Å². The van der Waals surface area contributed by atoms with Gasteiger partial charge < -0.3 is 15.0 Å². The summed E-state index contributed by atoms with van der Waals surface area (Å²) in [7, 11) is -1.35. The number of H-pyrrole nitrogens is 1. The van der Waals surface area contributed by atoms with Crippen LogP contribution in [0.5, 0.6) is 0 Å². The molecule has 1 saturated carbocycles. The Balaban J connectivity index is 1.13. The molecule has 202 valence electrons. The standard InChI is InChI=1S/C25H33N9O3S/c1-3-20-17-28-34-23(27-16-19-6-4-10-26-15-19)14-24(29-25(20)34)32(2)11-5-12-37-13-9-21-18-33(31-30-21)38(35,36)22-7-8-22/h4,6,10,14-15,17-18,22,27H,3,5,7-9,11-13,16H2,1-2H3/p+1. The van der Waals surface area contributed by atoms with E-state index in [4.69, 9.17) is 9.72 Å². The fraction of sp³-hybridized carbons (Fsp3) is 0.480. The van der Waals surface area contributed by atoms with E-state index in [2.05, 4.69) is 43.6 Å². The molecule has 0 spiro atoms. The van der Waals surface area contributed by atoms with Crippen molar-refractivity contribution in [2.75, 3.05) is 37.0 Å². The first-order valence-corrected chi connectivity index (χ1v) is 14.5. The molecule has 0 bridgehead atoms. The zero-order valence-electron chi connectivity index (χ0n) is 21.7. The first-order valence-electron chi connectivity index (χ1n) is 13.0. The van der Waals surface area contributed by atoms with Crippen molar-refractivity contribution in [3.8, 4) is 0 Å². The number of nitrogens with one attached hydrogen (secondary N) is 2. The Morgan fingerprint density at radius 3 is 2.92 bits per heavy atom. The van der Waals surface area contributed by atoms with Gasteiger partial charge in [0.05, 0.1) is 29.9 Å². The second-order valence-electron chi connectivity index (χ2n) is 9.49. The van der Waals surface area contributed by atoms with Gasteiger partial charge in [-0.1, -0.05) is 12.1 Å². The minimum atomic E-state index is -3.38. The summed E-state index contributed by atoms with van der Waals surface area (Å²) in [6, 6.07) is 6.06. The summed E-state index contributed by atoms with van der Waals surface area (Å²) in [4.78, 5) is 10.1. The number of rotatable bonds is 14. The second kappa shape index (κ2) is 11.4. The summed E-state index contributed by atoms with van der Waals surface area (Å²) in [5.74, 6) is 1.75. The molecule has 1 fully saturated rings. The zero-order chi connectivity index (χ0) is 26.5. The average Bonchev–Trinajstić information content (AvgIpc) is 3.55. The molecule has 38 heavy (non-hydrogen) atoms. The highest BCUT2D eigenvalue weighted by molar-refractivity contribution is 7.90. The number of ether oxygens (including phenoxy) is 1. The molecule has 12 nitrogen and oxygen atoms in total. The maximum Gasteiger partial charge on any atom is 0.258 e. The summed E-state index contributed by atoms with van der Waals surface area (Å²) in [5.41, 5.74) is 3.71. The average molecular weight is 541 g/mol. The van der Waals surface area contributed by atoms with Crippen LogP contribution in [0.3, 0.4) is 0 Å². The lowest BCUT2D eigenvalue weighted by atomic mass is 10.2. The number of anilines is 2. The van der Waals surface area contributed by atoms with Gasteiger partial charge in [0.1, 0.15) is 11.6 Å². The molecule has 0 aromatic carbocycles. The van der Waals surface area contributed by atoms with Gasteiger partial charge in [-0.2, -0.15) is 9.61 Å². The van der Waals surface area contributed by atoms with E-state index in [0.29, 0.717) is 44.7 Å². The third kappa shape index (κ3) is 5.94. The van der Waals surface area contributed by atoms with Crippen LogP contribution < -0.4 is 15.2 Å². The molecule has 0 radical (unpaired) electrons. The molecular weight excluding hydrogens is 506 g/mol. The van der Waals surface area contributed by atoms with E-state index in [9.17, 15) is 8.42 Å². The number of nitrogens with zero attached hydrogens (tertiary/aromatic N) is 7. The summed E-state index contributed by atoms with van der Waals surface area (Å²) < 4.78 is 33.1. The smallest absolute Gasteiger partial charge is 0.258 e. The van der Waals surface area contributed by atoms with Crippen molar-refractivity contribution in [2.45, 2.75) is 50.8 Å². The van der Waals surface area contributed by atoms with E-state index < -0.39 is 10.0 Å². The van der Waals surface area contributed by atoms with Crippen LogP contribution in [-0.2, 0) is 34.1 Å². The molecule has 13 heteroatoms. The zero-order valence-corrected chi connectivity index (χ0v) is 22.6. The molecule has 4 aromatic heterocycles. The third-order valence-electron chi connectivity index (χ3n) is 6.56. The molecule has 0 atom stereocenters. The fourth-order valence-electron chi connectivity index (χ4n) is 4.13. The van der Waals surface area contributed by atoms with E-state index in [1.807, 2.05) is 42.3 Å². The predicted molar refractivity (Wildman–Crippen MR) is 142 cm³/mol. The maximum atomic E-state index is 12.2. The van der Waals surface area contributed by atoms with E-state index in [-0.39, 0.29) is 5.25 Å². The number of aryl methyl sites for hydroxylation is 1. The topological polar surface area (TPSA) is 134 Å². The van der Waals surface area contributed by atoms with Gasteiger partial charge >= 0.3 is 0 Å². The van der Waals surface area contributed by atoms with Gasteiger partial charge in [-0.15, -0.1) is 9.19 Å². The van der Waals surface area contributed by atoms with Crippen molar-refractivity contribution in [1.82, 2.24) is 29.0 Å². The molecule has 1 aliphatic carbocycles. The summed E-state index contributed by atoms with van der Waals surface area (Å²) in [6.07, 6.45) is 10.8. The van der Waals surface area contributed by atoms with Gasteiger partial charge in [0.2, 0.25) is 0 Å². The van der Waals surface area contributed by atoms with E-state index in [1.54, 1.807) is 0 Å². The molecule has 4 aromatic rings. The molecule has 4 heterocycles. The lowest BCUT2D eigenvalue weighted by Crippen LogP contribution is -2.22. The Hall–Kier alpha value is -3.58. The van der Waals surface area contributed by atoms with E-state index in [0.717, 1.165) is 51.9 Å². The highest BCUT2D eigenvalue weighted by Crippen LogP contribution is 2.29. The van der Waals surface area contributed by atoms with Crippen LogP contribution in [0.4, 0.5) is 11.6 Å². The highest BCUT2D eigenvalue weighted by atomic mass is 32.2. The van der Waals surface area contributed by atoms with Crippen LogP contribution in [-0.4, -0.2) is 69.5 Å². The lowest BCUT2D eigenvalue weighted by molar-refractivity contribution is -0.378. The molecule has 5 rings (SSSR count). The SMILES string of the molecule is CCc1cnn2c(NCc3ccc[nH+]c3)cc(N(C)CCCOCCc3cn(S(=O)(=O)C4CC4)nn3)nc12. The first-order chi connectivity index (χ1) is 18.5. The van der Waals surface area contributed by atoms with Gasteiger partial charge in [-0.25, -0.2) is 18.4 Å². The monoisotopic (exact) mass is 540 g/mol.